The summed E-state index contributed by atoms with van der Waals surface area (Å²) in [6.07, 6.45) is 1.03. The first-order valence-corrected chi connectivity index (χ1v) is 6.39. The van der Waals surface area contributed by atoms with Crippen molar-refractivity contribution in [3.8, 4) is 0 Å². The molecule has 2 aromatic rings. The zero-order chi connectivity index (χ0) is 12.3. The molecule has 88 valence electrons. The third-order valence-electron chi connectivity index (χ3n) is 2.63. The molecule has 3 N–H and O–H groups in total. The average Bonchev–Trinajstić information content (AvgIpc) is 2.34. The average molecular weight is 291 g/mol. The third-order valence-corrected chi connectivity index (χ3v) is 3.12. The maximum absolute atomic E-state index is 5.92. The van der Waals surface area contributed by atoms with Crippen molar-refractivity contribution < 1.29 is 0 Å². The van der Waals surface area contributed by atoms with Gasteiger partial charge >= 0.3 is 0 Å². The number of rotatable bonds is 3. The Kier molecular flexibility index (Phi) is 3.69. The fraction of sp³-hybridized carbons (Fsp3) is 0.143. The van der Waals surface area contributed by atoms with Gasteiger partial charge in [-0.3, -0.25) is 0 Å². The van der Waals surface area contributed by atoms with Crippen molar-refractivity contribution in [2.45, 2.75) is 13.3 Å². The van der Waals surface area contributed by atoms with Gasteiger partial charge in [-0.25, -0.2) is 0 Å². The van der Waals surface area contributed by atoms with E-state index >= 15 is 0 Å². The van der Waals surface area contributed by atoms with Crippen LogP contribution in [-0.4, -0.2) is 0 Å². The number of aryl methyl sites for hydroxylation is 1. The van der Waals surface area contributed by atoms with Crippen molar-refractivity contribution in [3.63, 3.8) is 0 Å². The van der Waals surface area contributed by atoms with Gasteiger partial charge in [-0.2, -0.15) is 0 Å². The zero-order valence-electron chi connectivity index (χ0n) is 9.70. The Morgan fingerprint density at radius 1 is 1.18 bits per heavy atom. The predicted molar refractivity (Wildman–Crippen MR) is 77.7 cm³/mol. The minimum atomic E-state index is 0.745. The largest absolute Gasteiger partial charge is 0.397 e. The maximum Gasteiger partial charge on any atom is 0.0629 e. The number of hydrogen-bond donors (Lipinski definition) is 2. The molecule has 0 atom stereocenters. The molecule has 0 unspecified atom stereocenters. The fourth-order valence-corrected chi connectivity index (χ4v) is 2.02. The van der Waals surface area contributed by atoms with Crippen LogP contribution in [0.1, 0.15) is 12.5 Å². The highest BCUT2D eigenvalue weighted by molar-refractivity contribution is 9.10. The van der Waals surface area contributed by atoms with Crippen molar-refractivity contribution in [1.82, 2.24) is 0 Å². The highest BCUT2D eigenvalue weighted by Gasteiger charge is 2.01. The summed E-state index contributed by atoms with van der Waals surface area (Å²) in [5.41, 5.74) is 9.97. The van der Waals surface area contributed by atoms with Gasteiger partial charge in [0.25, 0.3) is 0 Å². The summed E-state index contributed by atoms with van der Waals surface area (Å²) < 4.78 is 1.01. The second kappa shape index (κ2) is 5.23. The topological polar surface area (TPSA) is 38.0 Å². The number of nitrogens with two attached hydrogens (primary N) is 1. The molecule has 0 aliphatic carbocycles. The summed E-state index contributed by atoms with van der Waals surface area (Å²) in [6.45, 7) is 2.15. The Balaban J connectivity index is 2.27. The molecule has 0 aliphatic heterocycles. The number of benzene rings is 2. The number of nitrogens with one attached hydrogen (secondary N) is 1. The van der Waals surface area contributed by atoms with E-state index in [2.05, 4.69) is 46.4 Å². The lowest BCUT2D eigenvalue weighted by Crippen LogP contribution is -1.96. The standard InChI is InChI=1S/C14H15BrN2/c1-2-10-4-3-5-12(8-10)17-14-9-11(15)6-7-13(14)16/h3-9,17H,2,16H2,1H3. The first-order valence-electron chi connectivity index (χ1n) is 5.60. The van der Waals surface area contributed by atoms with Gasteiger partial charge in [-0.1, -0.05) is 35.0 Å². The van der Waals surface area contributed by atoms with Crippen molar-refractivity contribution in [2.75, 3.05) is 11.1 Å². The summed E-state index contributed by atoms with van der Waals surface area (Å²) in [4.78, 5) is 0. The number of nitrogen functional groups attached to an aromatic ring is 1. The molecule has 2 rings (SSSR count). The van der Waals surface area contributed by atoms with Crippen LogP contribution in [0.4, 0.5) is 17.1 Å². The lowest BCUT2D eigenvalue weighted by Gasteiger charge is -2.10. The van der Waals surface area contributed by atoms with Gasteiger partial charge in [0.1, 0.15) is 0 Å². The van der Waals surface area contributed by atoms with Crippen LogP contribution in [0.25, 0.3) is 0 Å². The first-order chi connectivity index (χ1) is 8.19. The molecule has 2 nitrogen and oxygen atoms in total. The van der Waals surface area contributed by atoms with E-state index in [0.717, 1.165) is 28.0 Å². The molecule has 0 spiro atoms. The molecule has 0 fully saturated rings. The van der Waals surface area contributed by atoms with E-state index in [9.17, 15) is 0 Å². The van der Waals surface area contributed by atoms with Crippen molar-refractivity contribution in [1.29, 1.82) is 0 Å². The van der Waals surface area contributed by atoms with E-state index in [1.54, 1.807) is 0 Å². The van der Waals surface area contributed by atoms with Gasteiger partial charge in [0.2, 0.25) is 0 Å². The van der Waals surface area contributed by atoms with Crippen LogP contribution in [0.2, 0.25) is 0 Å². The Labute approximate surface area is 110 Å². The second-order valence-electron chi connectivity index (χ2n) is 3.91. The molecule has 0 aromatic heterocycles. The van der Waals surface area contributed by atoms with E-state index in [4.69, 9.17) is 5.73 Å². The second-order valence-corrected chi connectivity index (χ2v) is 4.83. The van der Waals surface area contributed by atoms with Gasteiger partial charge in [-0.15, -0.1) is 0 Å². The predicted octanol–water partition coefficient (Wildman–Crippen LogP) is 4.34. The monoisotopic (exact) mass is 290 g/mol. The number of anilines is 3. The Hall–Kier alpha value is -1.48. The van der Waals surface area contributed by atoms with Crippen LogP contribution in [0.15, 0.2) is 46.9 Å². The smallest absolute Gasteiger partial charge is 0.0629 e. The van der Waals surface area contributed by atoms with E-state index in [1.807, 2.05) is 24.3 Å². The molecule has 0 bridgehead atoms. The van der Waals surface area contributed by atoms with Crippen LogP contribution >= 0.6 is 15.9 Å². The summed E-state index contributed by atoms with van der Waals surface area (Å²) in [6, 6.07) is 14.2. The van der Waals surface area contributed by atoms with Crippen molar-refractivity contribution in [2.24, 2.45) is 0 Å². The summed E-state index contributed by atoms with van der Waals surface area (Å²) in [7, 11) is 0. The molecule has 17 heavy (non-hydrogen) atoms. The van der Waals surface area contributed by atoms with Crippen molar-refractivity contribution in [3.05, 3.63) is 52.5 Å². The molecule has 0 amide bonds. The molecular weight excluding hydrogens is 276 g/mol. The summed E-state index contributed by atoms with van der Waals surface area (Å²) in [5, 5.41) is 3.33. The minimum Gasteiger partial charge on any atom is -0.397 e. The van der Waals surface area contributed by atoms with E-state index < -0.39 is 0 Å². The van der Waals surface area contributed by atoms with Crippen LogP contribution in [0.5, 0.6) is 0 Å². The molecular formula is C14H15BrN2. The summed E-state index contributed by atoms with van der Waals surface area (Å²) in [5.74, 6) is 0. The molecule has 0 saturated heterocycles. The van der Waals surface area contributed by atoms with Crippen LogP contribution in [0.3, 0.4) is 0 Å². The quantitative estimate of drug-likeness (QED) is 0.826. The normalized spacial score (nSPS) is 10.2. The lowest BCUT2D eigenvalue weighted by molar-refractivity contribution is 1.14. The van der Waals surface area contributed by atoms with Crippen molar-refractivity contribution >= 4 is 33.0 Å². The van der Waals surface area contributed by atoms with E-state index in [1.165, 1.54) is 5.56 Å². The van der Waals surface area contributed by atoms with Crippen LogP contribution in [0, 0.1) is 0 Å². The van der Waals surface area contributed by atoms with Crippen LogP contribution in [-0.2, 0) is 6.42 Å². The maximum atomic E-state index is 5.92. The van der Waals surface area contributed by atoms with Gasteiger partial charge in [0.15, 0.2) is 0 Å². The number of hydrogen-bond acceptors (Lipinski definition) is 2. The fourth-order valence-electron chi connectivity index (χ4n) is 1.66. The van der Waals surface area contributed by atoms with Gasteiger partial charge < -0.3 is 11.1 Å². The lowest BCUT2D eigenvalue weighted by atomic mass is 10.1. The molecule has 2 aromatic carbocycles. The van der Waals surface area contributed by atoms with E-state index in [0.29, 0.717) is 0 Å². The highest BCUT2D eigenvalue weighted by atomic mass is 79.9. The molecule has 0 heterocycles. The summed E-state index contributed by atoms with van der Waals surface area (Å²) >= 11 is 3.44. The Morgan fingerprint density at radius 3 is 2.76 bits per heavy atom. The zero-order valence-corrected chi connectivity index (χ0v) is 11.3. The minimum absolute atomic E-state index is 0.745. The van der Waals surface area contributed by atoms with E-state index in [-0.39, 0.29) is 0 Å². The van der Waals surface area contributed by atoms with Crippen LogP contribution < -0.4 is 11.1 Å². The number of halogens is 1. The first kappa shape index (κ1) is 12.0. The van der Waals surface area contributed by atoms with Gasteiger partial charge in [-0.05, 0) is 42.3 Å². The molecule has 0 radical (unpaired) electrons. The SMILES string of the molecule is CCc1cccc(Nc2cc(Br)ccc2N)c1. The third kappa shape index (κ3) is 3.01. The molecule has 0 aliphatic rings. The Morgan fingerprint density at radius 2 is 2.00 bits per heavy atom. The van der Waals surface area contributed by atoms with Gasteiger partial charge in [0.05, 0.1) is 11.4 Å². The Bertz CT molecular complexity index is 523. The van der Waals surface area contributed by atoms with Gasteiger partial charge in [0, 0.05) is 10.2 Å². The highest BCUT2D eigenvalue weighted by Crippen LogP contribution is 2.27. The molecule has 0 saturated carbocycles. The molecule has 3 heteroatoms.